The zero-order valence-electron chi connectivity index (χ0n) is 8.86. The second-order valence-corrected chi connectivity index (χ2v) is 3.61. The van der Waals surface area contributed by atoms with E-state index in [-0.39, 0.29) is 0 Å². The van der Waals surface area contributed by atoms with Crippen LogP contribution >= 0.6 is 15.9 Å². The number of rotatable bonds is 3. The molecule has 1 N–H and O–H groups in total. The summed E-state index contributed by atoms with van der Waals surface area (Å²) < 4.78 is 10.3. The Bertz CT molecular complexity index is 407. The van der Waals surface area contributed by atoms with Crippen LogP contribution in [0.2, 0.25) is 0 Å². The third kappa shape index (κ3) is 3.54. The minimum atomic E-state index is -0.608. The highest BCUT2D eigenvalue weighted by Crippen LogP contribution is 2.24. The van der Waals surface area contributed by atoms with Crippen molar-refractivity contribution in [2.75, 3.05) is 14.2 Å². The second-order valence-electron chi connectivity index (χ2n) is 2.76. The van der Waals surface area contributed by atoms with Crippen molar-refractivity contribution in [1.29, 1.82) is 0 Å². The molecule has 0 aliphatic carbocycles. The lowest BCUT2D eigenvalue weighted by molar-refractivity contribution is 0.171. The molecule has 0 saturated carbocycles. The Labute approximate surface area is 102 Å². The van der Waals surface area contributed by atoms with Crippen molar-refractivity contribution in [2.45, 2.75) is 0 Å². The molecule has 0 fully saturated rings. The number of hydrogen-bond acceptors (Lipinski definition) is 4. The molecule has 0 unspecified atom stereocenters. The highest BCUT2D eigenvalue weighted by Gasteiger charge is 1.99. The van der Waals surface area contributed by atoms with Gasteiger partial charge in [0, 0.05) is 0 Å². The summed E-state index contributed by atoms with van der Waals surface area (Å²) in [6.45, 7) is 0. The maximum absolute atomic E-state index is 10.7. The van der Waals surface area contributed by atoms with Crippen LogP contribution in [0.1, 0.15) is 5.56 Å². The molecule has 0 bridgehead atoms. The number of carbonyl (C=O) groups is 1. The summed E-state index contributed by atoms with van der Waals surface area (Å²) >= 11 is 3.34. The van der Waals surface area contributed by atoms with Crippen molar-refractivity contribution >= 4 is 28.2 Å². The Morgan fingerprint density at radius 3 is 2.81 bits per heavy atom. The first kappa shape index (κ1) is 12.5. The van der Waals surface area contributed by atoms with Gasteiger partial charge in [-0.1, -0.05) is 0 Å². The minimum Gasteiger partial charge on any atom is -0.496 e. The summed E-state index contributed by atoms with van der Waals surface area (Å²) in [4.78, 5) is 10.7. The van der Waals surface area contributed by atoms with Gasteiger partial charge in [0.1, 0.15) is 5.75 Å². The summed E-state index contributed by atoms with van der Waals surface area (Å²) in [7, 11) is 2.86. The molecule has 0 atom stereocenters. The minimum absolute atomic E-state index is 0.608. The molecule has 16 heavy (non-hydrogen) atoms. The molecule has 5 nitrogen and oxygen atoms in total. The maximum atomic E-state index is 10.7. The normalized spacial score (nSPS) is 10.2. The molecule has 1 aromatic rings. The van der Waals surface area contributed by atoms with E-state index < -0.39 is 6.09 Å². The predicted octanol–water partition coefficient (Wildman–Crippen LogP) is 2.15. The highest BCUT2D eigenvalue weighted by atomic mass is 79.9. The van der Waals surface area contributed by atoms with Crippen LogP contribution in [0.25, 0.3) is 0 Å². The van der Waals surface area contributed by atoms with E-state index in [2.05, 4.69) is 31.2 Å². The van der Waals surface area contributed by atoms with E-state index in [1.807, 2.05) is 12.1 Å². The topological polar surface area (TPSA) is 59.9 Å². The Kier molecular flexibility index (Phi) is 4.78. The molecule has 0 aromatic heterocycles. The van der Waals surface area contributed by atoms with Gasteiger partial charge in [0.15, 0.2) is 0 Å². The van der Waals surface area contributed by atoms with Gasteiger partial charge >= 0.3 is 6.09 Å². The van der Waals surface area contributed by atoms with Crippen molar-refractivity contribution in [3.05, 3.63) is 28.2 Å². The van der Waals surface area contributed by atoms with Gasteiger partial charge in [-0.25, -0.2) is 10.2 Å². The number of methoxy groups -OCH3 is 2. The van der Waals surface area contributed by atoms with Crippen LogP contribution in [0.15, 0.2) is 27.8 Å². The zero-order chi connectivity index (χ0) is 12.0. The van der Waals surface area contributed by atoms with Crippen molar-refractivity contribution in [2.24, 2.45) is 5.10 Å². The lowest BCUT2D eigenvalue weighted by Crippen LogP contribution is -2.16. The number of hydrogen-bond donors (Lipinski definition) is 1. The molecule has 1 rings (SSSR count). The average molecular weight is 287 g/mol. The molecular formula is C10H11BrN2O3. The monoisotopic (exact) mass is 286 g/mol. The lowest BCUT2D eigenvalue weighted by atomic mass is 10.2. The van der Waals surface area contributed by atoms with Crippen LogP contribution in [0.3, 0.4) is 0 Å². The number of nitrogens with one attached hydrogen (secondary N) is 1. The van der Waals surface area contributed by atoms with Crippen molar-refractivity contribution in [3.63, 3.8) is 0 Å². The number of halogens is 1. The predicted molar refractivity (Wildman–Crippen MR) is 63.8 cm³/mol. The van der Waals surface area contributed by atoms with Gasteiger partial charge in [0.25, 0.3) is 0 Å². The average Bonchev–Trinajstić information content (AvgIpc) is 2.29. The van der Waals surface area contributed by atoms with Crippen molar-refractivity contribution in [1.82, 2.24) is 5.43 Å². The first-order valence-corrected chi connectivity index (χ1v) is 5.17. The summed E-state index contributed by atoms with van der Waals surface area (Å²) in [5.74, 6) is 0.734. The fraction of sp³-hybridized carbons (Fsp3) is 0.200. The fourth-order valence-electron chi connectivity index (χ4n) is 0.968. The first-order valence-electron chi connectivity index (χ1n) is 4.38. The molecule has 0 radical (unpaired) electrons. The summed E-state index contributed by atoms with van der Waals surface area (Å²) in [5, 5.41) is 3.70. The van der Waals surface area contributed by atoms with Gasteiger partial charge in [-0.2, -0.15) is 5.10 Å². The molecule has 0 spiro atoms. The van der Waals surface area contributed by atoms with Crippen molar-refractivity contribution < 1.29 is 14.3 Å². The van der Waals surface area contributed by atoms with E-state index in [0.717, 1.165) is 15.8 Å². The molecule has 0 saturated heterocycles. The fourth-order valence-corrected chi connectivity index (χ4v) is 1.53. The number of carbonyl (C=O) groups excluding carboxylic acids is 1. The molecule has 6 heteroatoms. The van der Waals surface area contributed by atoms with Crippen LogP contribution in [-0.2, 0) is 4.74 Å². The highest BCUT2D eigenvalue weighted by molar-refractivity contribution is 9.10. The smallest absolute Gasteiger partial charge is 0.427 e. The van der Waals surface area contributed by atoms with Crippen molar-refractivity contribution in [3.8, 4) is 5.75 Å². The number of ether oxygens (including phenoxy) is 2. The van der Waals surface area contributed by atoms with Crippen LogP contribution in [0, 0.1) is 0 Å². The standard InChI is InChI=1S/C10H11BrN2O3/c1-15-9-4-3-7(5-8(9)11)6-12-13-10(14)16-2/h3-6H,1-2H3,(H,13,14)/b12-6-. The van der Waals surface area contributed by atoms with Gasteiger partial charge in [-0.3, -0.25) is 0 Å². The van der Waals surface area contributed by atoms with E-state index in [1.165, 1.54) is 13.3 Å². The number of benzene rings is 1. The number of nitrogens with zero attached hydrogens (tertiary/aromatic N) is 1. The van der Waals surface area contributed by atoms with E-state index in [4.69, 9.17) is 4.74 Å². The Morgan fingerprint density at radius 1 is 1.50 bits per heavy atom. The van der Waals surface area contributed by atoms with Crippen LogP contribution < -0.4 is 10.2 Å². The summed E-state index contributed by atoms with van der Waals surface area (Å²) in [6.07, 6.45) is 0.894. The van der Waals surface area contributed by atoms with E-state index in [0.29, 0.717) is 0 Å². The first-order chi connectivity index (χ1) is 7.67. The molecular weight excluding hydrogens is 276 g/mol. The van der Waals surface area contributed by atoms with Gasteiger partial charge in [0.05, 0.1) is 24.9 Å². The van der Waals surface area contributed by atoms with Crippen LogP contribution in [-0.4, -0.2) is 26.5 Å². The quantitative estimate of drug-likeness (QED) is 0.684. The number of hydrazone groups is 1. The second kappa shape index (κ2) is 6.12. The van der Waals surface area contributed by atoms with E-state index >= 15 is 0 Å². The maximum Gasteiger partial charge on any atom is 0.427 e. The van der Waals surface area contributed by atoms with E-state index in [1.54, 1.807) is 13.2 Å². The largest absolute Gasteiger partial charge is 0.496 e. The van der Waals surface area contributed by atoms with Gasteiger partial charge < -0.3 is 9.47 Å². The zero-order valence-corrected chi connectivity index (χ0v) is 10.4. The summed E-state index contributed by atoms with van der Waals surface area (Å²) in [6, 6.07) is 5.43. The molecule has 0 aliphatic rings. The SMILES string of the molecule is COC(=O)N/N=C\c1ccc(OC)c(Br)c1. The Morgan fingerprint density at radius 2 is 2.25 bits per heavy atom. The lowest BCUT2D eigenvalue weighted by Gasteiger charge is -2.03. The van der Waals surface area contributed by atoms with Gasteiger partial charge in [0.2, 0.25) is 0 Å². The molecule has 1 aromatic carbocycles. The van der Waals surface area contributed by atoms with Gasteiger partial charge in [-0.05, 0) is 39.7 Å². The third-order valence-corrected chi connectivity index (χ3v) is 2.35. The third-order valence-electron chi connectivity index (χ3n) is 1.73. The molecule has 86 valence electrons. The molecule has 0 aliphatic heterocycles. The Balaban J connectivity index is 2.68. The number of amides is 1. The molecule has 1 amide bonds. The van der Waals surface area contributed by atoms with Crippen LogP contribution in [0.4, 0.5) is 4.79 Å². The van der Waals surface area contributed by atoms with Crippen LogP contribution in [0.5, 0.6) is 5.75 Å². The Hall–Kier alpha value is -1.56. The van der Waals surface area contributed by atoms with Gasteiger partial charge in [-0.15, -0.1) is 0 Å². The summed E-state index contributed by atoms with van der Waals surface area (Å²) in [5.41, 5.74) is 3.01. The van der Waals surface area contributed by atoms with E-state index in [9.17, 15) is 4.79 Å². The molecule has 0 heterocycles.